The van der Waals surface area contributed by atoms with E-state index in [1.807, 2.05) is 0 Å². The molecule has 1 aromatic heterocycles. The third kappa shape index (κ3) is 3.14. The Labute approximate surface area is 157 Å². The first-order valence-electron chi connectivity index (χ1n) is 8.41. The van der Waals surface area contributed by atoms with Crippen LogP contribution in [0.3, 0.4) is 0 Å². The zero-order chi connectivity index (χ0) is 19.1. The van der Waals surface area contributed by atoms with Crippen molar-refractivity contribution in [3.63, 3.8) is 0 Å². The summed E-state index contributed by atoms with van der Waals surface area (Å²) in [4.78, 5) is 21.1. The van der Waals surface area contributed by atoms with Crippen molar-refractivity contribution in [1.29, 1.82) is 0 Å². The number of carbonyl (C=O) groups excluding carboxylic acids is 1. The normalized spacial score (nSPS) is 24.5. The summed E-state index contributed by atoms with van der Waals surface area (Å²) in [6, 6.07) is 9.81. The highest BCUT2D eigenvalue weighted by Crippen LogP contribution is 2.34. The van der Waals surface area contributed by atoms with Crippen LogP contribution in [-0.4, -0.2) is 51.3 Å². The average Bonchev–Trinajstić information content (AvgIpc) is 3.26. The Morgan fingerprint density at radius 1 is 1.33 bits per heavy atom. The minimum absolute atomic E-state index is 0.0854. The van der Waals surface area contributed by atoms with E-state index < -0.39 is 16.1 Å². The van der Waals surface area contributed by atoms with Crippen molar-refractivity contribution < 1.29 is 18.3 Å². The summed E-state index contributed by atoms with van der Waals surface area (Å²) in [5.74, 6) is 0.152. The number of nitrogens with zero attached hydrogens (tertiary/aromatic N) is 3. The minimum Gasteiger partial charge on any atom is -0.593 e. The standard InChI is InChI=1S/C18H18N4O4S/c1-26-14-5-2-6-15(10-14)27(24,25)22-9-7-18(12-22)20-16(17(23)21-18)13-4-3-8-19-11-13/h2-6,8,10-11H,7,9,12H2,1H3,(H-,21,23,24,25). The van der Waals surface area contributed by atoms with Crippen molar-refractivity contribution in [2.75, 3.05) is 20.2 Å². The summed E-state index contributed by atoms with van der Waals surface area (Å²) in [5, 5.41) is 2.85. The molecule has 1 spiro atoms. The summed E-state index contributed by atoms with van der Waals surface area (Å²) in [6.45, 7) is 0.353. The van der Waals surface area contributed by atoms with Crippen LogP contribution < -0.4 is 10.1 Å². The second-order valence-electron chi connectivity index (χ2n) is 6.46. The second-order valence-corrected chi connectivity index (χ2v) is 8.39. The Morgan fingerprint density at radius 3 is 2.93 bits per heavy atom. The Bertz CT molecular complexity index is 965. The van der Waals surface area contributed by atoms with Gasteiger partial charge in [-0.15, -0.1) is 4.31 Å². The molecule has 0 bridgehead atoms. The summed E-state index contributed by atoms with van der Waals surface area (Å²) in [7, 11) is -2.23. The first-order valence-corrected chi connectivity index (χ1v) is 9.85. The van der Waals surface area contributed by atoms with Crippen molar-refractivity contribution in [2.45, 2.75) is 17.0 Å². The zero-order valence-electron chi connectivity index (χ0n) is 14.6. The lowest BCUT2D eigenvalue weighted by Crippen LogP contribution is -2.46. The van der Waals surface area contributed by atoms with E-state index in [4.69, 9.17) is 4.74 Å². The Balaban J connectivity index is 1.60. The van der Waals surface area contributed by atoms with Crippen LogP contribution in [0.1, 0.15) is 12.0 Å². The van der Waals surface area contributed by atoms with E-state index in [9.17, 15) is 13.6 Å². The predicted molar refractivity (Wildman–Crippen MR) is 97.9 cm³/mol. The SMILES string of the molecule is COc1cccc([S+](=O)([O-])N2CCC3(C2)N=C(c2cccnc2)C(=O)N3)c1. The number of amides is 1. The van der Waals surface area contributed by atoms with Crippen molar-refractivity contribution in [1.82, 2.24) is 14.6 Å². The van der Waals surface area contributed by atoms with Crippen LogP contribution in [0.25, 0.3) is 0 Å². The highest BCUT2D eigenvalue weighted by atomic mass is 32.3. The fourth-order valence-electron chi connectivity index (χ4n) is 3.33. The van der Waals surface area contributed by atoms with E-state index in [-0.39, 0.29) is 29.6 Å². The van der Waals surface area contributed by atoms with Gasteiger partial charge < -0.3 is 14.6 Å². The number of benzene rings is 1. The molecular weight excluding hydrogens is 368 g/mol. The van der Waals surface area contributed by atoms with Crippen molar-refractivity contribution in [3.05, 3.63) is 54.4 Å². The largest absolute Gasteiger partial charge is 0.593 e. The lowest BCUT2D eigenvalue weighted by atomic mass is 10.1. The number of carbonyl (C=O) groups is 1. The van der Waals surface area contributed by atoms with Crippen LogP contribution in [0.5, 0.6) is 5.75 Å². The topological polar surface area (TPSA) is 107 Å². The summed E-state index contributed by atoms with van der Waals surface area (Å²) in [5.41, 5.74) is -0.0431. The highest BCUT2D eigenvalue weighted by molar-refractivity contribution is 7.95. The maximum Gasteiger partial charge on any atom is 0.272 e. The summed E-state index contributed by atoms with van der Waals surface area (Å²) >= 11 is 0. The second kappa shape index (κ2) is 6.52. The Morgan fingerprint density at radius 2 is 2.19 bits per heavy atom. The number of ether oxygens (including phenoxy) is 1. The molecule has 2 aliphatic heterocycles. The van der Waals surface area contributed by atoms with Gasteiger partial charge in [-0.3, -0.25) is 9.78 Å². The van der Waals surface area contributed by atoms with Crippen molar-refractivity contribution >= 4 is 22.0 Å². The number of aliphatic imine (C=N–C) groups is 1. The number of hydrogen-bond acceptors (Lipinski definition) is 6. The highest BCUT2D eigenvalue weighted by Gasteiger charge is 2.50. The molecule has 9 heteroatoms. The molecule has 140 valence electrons. The number of rotatable bonds is 4. The van der Waals surface area contributed by atoms with Crippen LogP contribution in [0.15, 0.2) is 58.7 Å². The number of sulfonamides is 1. The monoisotopic (exact) mass is 386 g/mol. The van der Waals surface area contributed by atoms with E-state index in [0.29, 0.717) is 17.7 Å². The first-order chi connectivity index (χ1) is 12.9. The van der Waals surface area contributed by atoms with Gasteiger partial charge in [0.1, 0.15) is 11.5 Å². The Kier molecular flexibility index (Phi) is 4.29. The molecule has 0 radical (unpaired) electrons. The van der Waals surface area contributed by atoms with Gasteiger partial charge in [-0.2, -0.15) is 0 Å². The van der Waals surface area contributed by atoms with Gasteiger partial charge in [0.2, 0.25) is 0 Å². The number of pyridine rings is 1. The van der Waals surface area contributed by atoms with Crippen LogP contribution in [0.2, 0.25) is 0 Å². The van der Waals surface area contributed by atoms with Gasteiger partial charge in [-0.05, 0) is 24.3 Å². The molecule has 8 nitrogen and oxygen atoms in total. The number of aromatic nitrogens is 1. The lowest BCUT2D eigenvalue weighted by molar-refractivity contribution is -0.115. The minimum atomic E-state index is -3.71. The zero-order valence-corrected chi connectivity index (χ0v) is 15.4. The molecule has 1 amide bonds. The fourth-order valence-corrected chi connectivity index (χ4v) is 4.86. The fraction of sp³-hybridized carbons (Fsp3) is 0.278. The molecule has 27 heavy (non-hydrogen) atoms. The van der Waals surface area contributed by atoms with Gasteiger partial charge in [-0.25, -0.2) is 4.99 Å². The maximum absolute atomic E-state index is 13.0. The number of hydrogen-bond donors (Lipinski definition) is 1. The molecule has 0 aliphatic carbocycles. The van der Waals surface area contributed by atoms with Gasteiger partial charge in [0.25, 0.3) is 5.91 Å². The first kappa shape index (κ1) is 17.8. The summed E-state index contributed by atoms with van der Waals surface area (Å²) in [6.07, 6.45) is 3.59. The van der Waals surface area contributed by atoms with Crippen LogP contribution >= 0.6 is 0 Å². The maximum atomic E-state index is 13.0. The molecule has 1 saturated heterocycles. The molecule has 2 aliphatic rings. The summed E-state index contributed by atoms with van der Waals surface area (Å²) < 4.78 is 32.4. The third-order valence-corrected chi connectivity index (χ3v) is 6.55. The molecule has 3 heterocycles. The predicted octanol–water partition coefficient (Wildman–Crippen LogP) is 1.02. The van der Waals surface area contributed by atoms with Crippen LogP contribution in [-0.2, 0) is 19.4 Å². The van der Waals surface area contributed by atoms with Crippen molar-refractivity contribution in [3.8, 4) is 5.75 Å². The molecule has 2 aromatic rings. The molecule has 1 N–H and O–H groups in total. The average molecular weight is 386 g/mol. The van der Waals surface area contributed by atoms with E-state index in [1.54, 1.807) is 36.7 Å². The number of nitrogens with one attached hydrogen (secondary N) is 1. The quantitative estimate of drug-likeness (QED) is 0.790. The van der Waals surface area contributed by atoms with Crippen LogP contribution in [0.4, 0.5) is 0 Å². The van der Waals surface area contributed by atoms with Crippen molar-refractivity contribution in [2.24, 2.45) is 4.99 Å². The molecule has 4 rings (SSSR count). The molecule has 0 saturated carbocycles. The lowest BCUT2D eigenvalue weighted by Gasteiger charge is -2.25. The van der Waals surface area contributed by atoms with E-state index in [0.717, 1.165) is 0 Å². The molecule has 1 aromatic carbocycles. The molecule has 2 atom stereocenters. The van der Waals surface area contributed by atoms with Gasteiger partial charge in [-0.1, -0.05) is 10.3 Å². The molecule has 2 unspecified atom stereocenters. The Hall–Kier alpha value is -2.62. The van der Waals surface area contributed by atoms with Gasteiger partial charge in [0.15, 0.2) is 21.0 Å². The smallest absolute Gasteiger partial charge is 0.272 e. The van der Waals surface area contributed by atoms with Gasteiger partial charge in [0.05, 0.1) is 13.7 Å². The van der Waals surface area contributed by atoms with Gasteiger partial charge in [0, 0.05) is 37.0 Å². The van der Waals surface area contributed by atoms with E-state index >= 15 is 0 Å². The van der Waals surface area contributed by atoms with E-state index in [2.05, 4.69) is 15.3 Å². The molecular formula is C18H18N4O4S. The van der Waals surface area contributed by atoms with E-state index in [1.165, 1.54) is 23.5 Å². The third-order valence-electron chi connectivity index (χ3n) is 4.71. The number of methoxy groups -OCH3 is 1. The van der Waals surface area contributed by atoms with Crippen LogP contribution in [0, 0.1) is 0 Å². The van der Waals surface area contributed by atoms with Gasteiger partial charge >= 0.3 is 0 Å². The molecule has 1 fully saturated rings.